The van der Waals surface area contributed by atoms with Crippen molar-refractivity contribution in [1.82, 2.24) is 10.6 Å². The van der Waals surface area contributed by atoms with Gasteiger partial charge in [-0.3, -0.25) is 0 Å². The Bertz CT molecular complexity index is 502. The van der Waals surface area contributed by atoms with Gasteiger partial charge in [-0.1, -0.05) is 36.8 Å². The number of ether oxygens (including phenoxy) is 1. The van der Waals surface area contributed by atoms with Crippen molar-refractivity contribution in [2.24, 2.45) is 5.92 Å². The first-order chi connectivity index (χ1) is 11.2. The number of hydrogen-bond acceptors (Lipinski definition) is 4. The summed E-state index contributed by atoms with van der Waals surface area (Å²) in [6.07, 6.45) is 4.58. The summed E-state index contributed by atoms with van der Waals surface area (Å²) in [6, 6.07) is 10.3. The van der Waals surface area contributed by atoms with Crippen LogP contribution in [0.5, 0.6) is 0 Å². The lowest BCUT2D eigenvalue weighted by atomic mass is 9.86. The fourth-order valence-corrected chi connectivity index (χ4v) is 3.41. The number of benzene rings is 1. The molecular formula is C18H26N2O3. The standard InChI is InChI=1S/C18H26N2O3/c21-17-8-4-7-14(17)11-19-15-9-16(10-15)20-18(22)23-12-13-5-2-1-3-6-13/h1-3,5-6,14-17,19,21H,4,7-12H2,(H,20,22). The fourth-order valence-electron chi connectivity index (χ4n) is 3.41. The van der Waals surface area contributed by atoms with Crippen LogP contribution in [0.25, 0.3) is 0 Å². The van der Waals surface area contributed by atoms with Gasteiger partial charge in [0.2, 0.25) is 0 Å². The number of rotatable bonds is 6. The largest absolute Gasteiger partial charge is 0.445 e. The monoisotopic (exact) mass is 318 g/mol. The van der Waals surface area contributed by atoms with Crippen LogP contribution < -0.4 is 10.6 Å². The van der Waals surface area contributed by atoms with Crippen molar-refractivity contribution >= 4 is 6.09 Å². The number of aliphatic hydroxyl groups is 1. The van der Waals surface area contributed by atoms with Crippen LogP contribution in [0.3, 0.4) is 0 Å². The highest BCUT2D eigenvalue weighted by Gasteiger charge is 2.32. The van der Waals surface area contributed by atoms with Crippen molar-refractivity contribution in [1.29, 1.82) is 0 Å². The highest BCUT2D eigenvalue weighted by atomic mass is 16.5. The second kappa shape index (κ2) is 7.79. The van der Waals surface area contributed by atoms with Crippen LogP contribution in [0.1, 0.15) is 37.7 Å². The molecule has 0 radical (unpaired) electrons. The zero-order valence-electron chi connectivity index (χ0n) is 13.4. The van der Waals surface area contributed by atoms with Gasteiger partial charge >= 0.3 is 6.09 Å². The average molecular weight is 318 g/mol. The molecule has 1 aromatic carbocycles. The Kier molecular flexibility index (Phi) is 5.51. The summed E-state index contributed by atoms with van der Waals surface area (Å²) in [5.74, 6) is 0.401. The van der Waals surface area contributed by atoms with E-state index in [1.54, 1.807) is 0 Å². The maximum absolute atomic E-state index is 11.7. The maximum Gasteiger partial charge on any atom is 0.407 e. The number of carbonyl (C=O) groups excluding carboxylic acids is 1. The van der Waals surface area contributed by atoms with E-state index in [1.807, 2.05) is 30.3 Å². The van der Waals surface area contributed by atoms with Gasteiger partial charge in [0.25, 0.3) is 0 Å². The molecule has 0 bridgehead atoms. The summed E-state index contributed by atoms with van der Waals surface area (Å²) in [6.45, 7) is 1.19. The number of nitrogens with one attached hydrogen (secondary N) is 2. The first-order valence-corrected chi connectivity index (χ1v) is 8.59. The van der Waals surface area contributed by atoms with Gasteiger partial charge in [0.15, 0.2) is 0 Å². The first kappa shape index (κ1) is 16.3. The van der Waals surface area contributed by atoms with E-state index in [-0.39, 0.29) is 18.2 Å². The molecule has 23 heavy (non-hydrogen) atoms. The minimum Gasteiger partial charge on any atom is -0.445 e. The summed E-state index contributed by atoms with van der Waals surface area (Å²) in [4.78, 5) is 11.7. The van der Waals surface area contributed by atoms with Crippen molar-refractivity contribution < 1.29 is 14.6 Å². The molecule has 2 atom stereocenters. The summed E-state index contributed by atoms with van der Waals surface area (Å²) in [7, 11) is 0. The van der Waals surface area contributed by atoms with Gasteiger partial charge in [-0.15, -0.1) is 0 Å². The van der Waals surface area contributed by atoms with Crippen LogP contribution in [0.2, 0.25) is 0 Å². The number of amides is 1. The van der Waals surface area contributed by atoms with E-state index in [0.717, 1.165) is 44.2 Å². The SMILES string of the molecule is O=C(NC1CC(NCC2CCCC2O)C1)OCc1ccccc1. The Morgan fingerprint density at radius 2 is 1.96 bits per heavy atom. The van der Waals surface area contributed by atoms with E-state index < -0.39 is 0 Å². The molecule has 1 aromatic rings. The second-order valence-corrected chi connectivity index (χ2v) is 6.74. The Hall–Kier alpha value is -1.59. The summed E-state index contributed by atoms with van der Waals surface area (Å²) in [5, 5.41) is 16.2. The van der Waals surface area contributed by atoms with Crippen molar-refractivity contribution in [3.05, 3.63) is 35.9 Å². The molecule has 0 aliphatic heterocycles. The molecule has 0 spiro atoms. The normalized spacial score (nSPS) is 29.8. The van der Waals surface area contributed by atoms with Crippen LogP contribution in [0.4, 0.5) is 4.79 Å². The fraction of sp³-hybridized carbons (Fsp3) is 0.611. The van der Waals surface area contributed by atoms with Gasteiger partial charge in [-0.2, -0.15) is 0 Å². The lowest BCUT2D eigenvalue weighted by Gasteiger charge is -2.37. The molecule has 126 valence electrons. The number of alkyl carbamates (subject to hydrolysis) is 1. The molecule has 1 amide bonds. The average Bonchev–Trinajstić information content (AvgIpc) is 2.93. The highest BCUT2D eigenvalue weighted by Crippen LogP contribution is 2.26. The molecule has 2 aliphatic rings. The van der Waals surface area contributed by atoms with Gasteiger partial charge in [0.05, 0.1) is 6.10 Å². The molecule has 5 nitrogen and oxygen atoms in total. The molecule has 5 heteroatoms. The Morgan fingerprint density at radius 3 is 2.65 bits per heavy atom. The van der Waals surface area contributed by atoms with Crippen molar-refractivity contribution in [3.8, 4) is 0 Å². The van der Waals surface area contributed by atoms with E-state index >= 15 is 0 Å². The zero-order valence-corrected chi connectivity index (χ0v) is 13.4. The van der Waals surface area contributed by atoms with E-state index in [0.29, 0.717) is 18.6 Å². The zero-order chi connectivity index (χ0) is 16.1. The molecule has 3 rings (SSSR count). The third kappa shape index (κ3) is 4.69. The number of aliphatic hydroxyl groups excluding tert-OH is 1. The van der Waals surface area contributed by atoms with Crippen LogP contribution in [0, 0.1) is 5.92 Å². The van der Waals surface area contributed by atoms with Crippen LogP contribution >= 0.6 is 0 Å². The van der Waals surface area contributed by atoms with Crippen LogP contribution in [-0.4, -0.2) is 35.9 Å². The lowest BCUT2D eigenvalue weighted by molar-refractivity contribution is 0.116. The summed E-state index contributed by atoms with van der Waals surface area (Å²) < 4.78 is 5.22. The van der Waals surface area contributed by atoms with E-state index in [9.17, 15) is 9.90 Å². The Morgan fingerprint density at radius 1 is 1.17 bits per heavy atom. The van der Waals surface area contributed by atoms with Gasteiger partial charge in [0.1, 0.15) is 6.61 Å². The minimum atomic E-state index is -0.344. The van der Waals surface area contributed by atoms with Crippen molar-refractivity contribution in [3.63, 3.8) is 0 Å². The summed E-state index contributed by atoms with van der Waals surface area (Å²) in [5.41, 5.74) is 0.992. The third-order valence-corrected chi connectivity index (χ3v) is 4.96. The van der Waals surface area contributed by atoms with Crippen LogP contribution in [0.15, 0.2) is 30.3 Å². The number of carbonyl (C=O) groups is 1. The molecular weight excluding hydrogens is 292 g/mol. The predicted molar refractivity (Wildman–Crippen MR) is 87.9 cm³/mol. The van der Waals surface area contributed by atoms with Gasteiger partial charge in [-0.05, 0) is 37.2 Å². The smallest absolute Gasteiger partial charge is 0.407 e. The lowest BCUT2D eigenvalue weighted by Crippen LogP contribution is -2.53. The van der Waals surface area contributed by atoms with Crippen molar-refractivity contribution in [2.75, 3.05) is 6.54 Å². The molecule has 0 saturated heterocycles. The molecule has 0 heterocycles. The van der Waals surface area contributed by atoms with Gasteiger partial charge in [-0.25, -0.2) is 4.79 Å². The molecule has 2 saturated carbocycles. The topological polar surface area (TPSA) is 70.6 Å². The molecule has 2 aliphatic carbocycles. The van der Waals surface area contributed by atoms with E-state index in [4.69, 9.17) is 4.74 Å². The van der Waals surface area contributed by atoms with E-state index in [1.165, 1.54) is 0 Å². The Balaban J connectivity index is 1.27. The summed E-state index contributed by atoms with van der Waals surface area (Å²) >= 11 is 0. The first-order valence-electron chi connectivity index (χ1n) is 8.59. The molecule has 2 fully saturated rings. The maximum atomic E-state index is 11.7. The van der Waals surface area contributed by atoms with Gasteiger partial charge < -0.3 is 20.5 Å². The third-order valence-electron chi connectivity index (χ3n) is 4.96. The predicted octanol–water partition coefficient (Wildman–Crippen LogP) is 2.19. The van der Waals surface area contributed by atoms with Crippen molar-refractivity contribution in [2.45, 2.75) is 56.9 Å². The minimum absolute atomic E-state index is 0.135. The Labute approximate surface area is 137 Å². The quantitative estimate of drug-likeness (QED) is 0.752. The second-order valence-electron chi connectivity index (χ2n) is 6.74. The van der Waals surface area contributed by atoms with Crippen LogP contribution in [-0.2, 0) is 11.3 Å². The highest BCUT2D eigenvalue weighted by molar-refractivity contribution is 5.67. The molecule has 3 N–H and O–H groups in total. The van der Waals surface area contributed by atoms with E-state index in [2.05, 4.69) is 10.6 Å². The van der Waals surface area contributed by atoms with Gasteiger partial charge in [0, 0.05) is 18.6 Å². The molecule has 0 aromatic heterocycles. The molecule has 2 unspecified atom stereocenters. The number of hydrogen-bond donors (Lipinski definition) is 3.